The molecule has 0 fully saturated rings. The molecule has 0 aliphatic carbocycles. The van der Waals surface area contributed by atoms with Crippen LogP contribution in [0.2, 0.25) is 0 Å². The number of aromatic nitrogens is 2. The summed E-state index contributed by atoms with van der Waals surface area (Å²) in [6.07, 6.45) is 0.866. The smallest absolute Gasteiger partial charge is 0.191 e. The fourth-order valence-corrected chi connectivity index (χ4v) is 3.19. The second-order valence-electron chi connectivity index (χ2n) is 7.08. The van der Waals surface area contributed by atoms with Crippen LogP contribution in [0.1, 0.15) is 41.9 Å². The highest BCUT2D eigenvalue weighted by molar-refractivity contribution is 5.80. The second-order valence-corrected chi connectivity index (χ2v) is 7.08. The SMILES string of the molecule is CCNC(=NCc1ccc(F)c(COC)c1)NC(C)Cc1c(C)nn(C)c1C. The fraction of sp³-hybridized carbons (Fsp3) is 0.524. The Balaban J connectivity index is 2.06. The monoisotopic (exact) mass is 389 g/mol. The van der Waals surface area contributed by atoms with Gasteiger partial charge in [0.05, 0.1) is 18.8 Å². The summed E-state index contributed by atoms with van der Waals surface area (Å²) in [6, 6.07) is 5.22. The lowest BCUT2D eigenvalue weighted by molar-refractivity contribution is 0.181. The summed E-state index contributed by atoms with van der Waals surface area (Å²) in [5.74, 6) is 0.488. The number of hydrogen-bond donors (Lipinski definition) is 2. The van der Waals surface area contributed by atoms with Gasteiger partial charge >= 0.3 is 0 Å². The van der Waals surface area contributed by atoms with E-state index in [9.17, 15) is 4.39 Å². The van der Waals surface area contributed by atoms with Crippen molar-refractivity contribution in [2.75, 3.05) is 13.7 Å². The molecule has 0 bridgehead atoms. The number of halogens is 1. The second kappa shape index (κ2) is 10.2. The van der Waals surface area contributed by atoms with Crippen molar-refractivity contribution >= 4 is 5.96 Å². The molecule has 0 radical (unpaired) electrons. The van der Waals surface area contributed by atoms with E-state index in [1.807, 2.05) is 25.6 Å². The molecule has 0 saturated carbocycles. The van der Waals surface area contributed by atoms with Gasteiger partial charge in [0.15, 0.2) is 5.96 Å². The van der Waals surface area contributed by atoms with Crippen molar-refractivity contribution in [3.05, 3.63) is 52.1 Å². The molecule has 1 unspecified atom stereocenters. The number of benzene rings is 1. The van der Waals surface area contributed by atoms with Crippen LogP contribution in [0.15, 0.2) is 23.2 Å². The molecule has 1 aromatic heterocycles. The Morgan fingerprint density at radius 3 is 2.71 bits per heavy atom. The van der Waals surface area contributed by atoms with Gasteiger partial charge in [-0.2, -0.15) is 5.10 Å². The third-order valence-corrected chi connectivity index (χ3v) is 4.73. The largest absolute Gasteiger partial charge is 0.380 e. The first kappa shape index (κ1) is 21.9. The minimum atomic E-state index is -0.254. The van der Waals surface area contributed by atoms with Crippen LogP contribution in [0.3, 0.4) is 0 Å². The van der Waals surface area contributed by atoms with Crippen LogP contribution in [0.5, 0.6) is 0 Å². The zero-order valence-electron chi connectivity index (χ0n) is 17.8. The summed E-state index contributed by atoms with van der Waals surface area (Å²) in [7, 11) is 3.53. The fourth-order valence-electron chi connectivity index (χ4n) is 3.19. The molecule has 2 N–H and O–H groups in total. The van der Waals surface area contributed by atoms with Crippen molar-refractivity contribution in [3.8, 4) is 0 Å². The number of methoxy groups -OCH3 is 1. The zero-order valence-corrected chi connectivity index (χ0v) is 17.8. The number of nitrogens with one attached hydrogen (secondary N) is 2. The summed E-state index contributed by atoms with van der Waals surface area (Å²) >= 11 is 0. The van der Waals surface area contributed by atoms with Gasteiger partial charge in [0.1, 0.15) is 5.82 Å². The Kier molecular flexibility index (Phi) is 7.99. The Morgan fingerprint density at radius 2 is 2.11 bits per heavy atom. The average Bonchev–Trinajstić information content (AvgIpc) is 2.88. The van der Waals surface area contributed by atoms with E-state index in [2.05, 4.69) is 34.6 Å². The first-order valence-electron chi connectivity index (χ1n) is 9.65. The maximum Gasteiger partial charge on any atom is 0.191 e. The van der Waals surface area contributed by atoms with E-state index in [0.29, 0.717) is 12.1 Å². The first-order valence-corrected chi connectivity index (χ1v) is 9.65. The van der Waals surface area contributed by atoms with Crippen molar-refractivity contribution < 1.29 is 9.13 Å². The summed E-state index contributed by atoms with van der Waals surface area (Å²) in [5.41, 5.74) is 5.00. The van der Waals surface area contributed by atoms with E-state index in [1.54, 1.807) is 19.2 Å². The molecule has 6 nitrogen and oxygen atoms in total. The van der Waals surface area contributed by atoms with Crippen LogP contribution >= 0.6 is 0 Å². The highest BCUT2D eigenvalue weighted by Gasteiger charge is 2.14. The molecular weight excluding hydrogens is 357 g/mol. The Labute approximate surface area is 167 Å². The van der Waals surface area contributed by atoms with Gasteiger partial charge in [-0.3, -0.25) is 4.68 Å². The Bertz CT molecular complexity index is 815. The molecule has 0 aliphatic rings. The predicted molar refractivity (Wildman–Crippen MR) is 111 cm³/mol. The van der Waals surface area contributed by atoms with Crippen LogP contribution in [0.4, 0.5) is 4.39 Å². The van der Waals surface area contributed by atoms with Crippen LogP contribution in [0, 0.1) is 19.7 Å². The molecule has 0 aliphatic heterocycles. The molecule has 1 atom stereocenters. The third kappa shape index (κ3) is 5.79. The lowest BCUT2D eigenvalue weighted by atomic mass is 10.1. The number of guanidine groups is 1. The maximum atomic E-state index is 13.8. The molecule has 7 heteroatoms. The van der Waals surface area contributed by atoms with Gasteiger partial charge in [-0.05, 0) is 57.4 Å². The van der Waals surface area contributed by atoms with E-state index < -0.39 is 0 Å². The zero-order chi connectivity index (χ0) is 20.7. The highest BCUT2D eigenvalue weighted by Crippen LogP contribution is 2.15. The van der Waals surface area contributed by atoms with Crippen LogP contribution in [-0.2, 0) is 31.4 Å². The number of ether oxygens (including phenoxy) is 1. The van der Waals surface area contributed by atoms with E-state index in [1.165, 1.54) is 17.3 Å². The van der Waals surface area contributed by atoms with E-state index >= 15 is 0 Å². The minimum absolute atomic E-state index is 0.191. The normalized spacial score (nSPS) is 12.9. The van der Waals surface area contributed by atoms with Gasteiger partial charge < -0.3 is 15.4 Å². The predicted octanol–water partition coefficient (Wildman–Crippen LogP) is 3.01. The number of hydrogen-bond acceptors (Lipinski definition) is 3. The van der Waals surface area contributed by atoms with E-state index in [0.717, 1.165) is 30.2 Å². The molecule has 154 valence electrons. The lowest BCUT2D eigenvalue weighted by Gasteiger charge is -2.18. The number of aryl methyl sites for hydroxylation is 2. The maximum absolute atomic E-state index is 13.8. The summed E-state index contributed by atoms with van der Waals surface area (Å²) in [6.45, 7) is 9.78. The van der Waals surface area contributed by atoms with Crippen molar-refractivity contribution in [2.24, 2.45) is 12.0 Å². The standard InChI is InChI=1S/C21H32FN5O/c1-7-23-21(24-12-17-8-9-20(22)18(11-17)13-28-6)25-14(2)10-19-15(3)26-27(5)16(19)4/h8-9,11,14H,7,10,12-13H2,1-6H3,(H2,23,24,25). The van der Waals surface area contributed by atoms with Gasteiger partial charge in [0.25, 0.3) is 0 Å². The highest BCUT2D eigenvalue weighted by atomic mass is 19.1. The van der Waals surface area contributed by atoms with Crippen LogP contribution < -0.4 is 10.6 Å². The molecule has 0 amide bonds. The minimum Gasteiger partial charge on any atom is -0.380 e. The molecule has 1 heterocycles. The van der Waals surface area contributed by atoms with E-state index in [-0.39, 0.29) is 18.5 Å². The number of rotatable bonds is 8. The van der Waals surface area contributed by atoms with Gasteiger partial charge in [0, 0.05) is 38.0 Å². The van der Waals surface area contributed by atoms with Gasteiger partial charge in [0.2, 0.25) is 0 Å². The summed E-state index contributed by atoms with van der Waals surface area (Å²) in [4.78, 5) is 4.66. The van der Waals surface area contributed by atoms with Gasteiger partial charge in [-0.25, -0.2) is 9.38 Å². The third-order valence-electron chi connectivity index (χ3n) is 4.73. The van der Waals surface area contributed by atoms with Crippen LogP contribution in [0.25, 0.3) is 0 Å². The molecule has 28 heavy (non-hydrogen) atoms. The molecular formula is C21H32FN5O. The molecule has 1 aromatic carbocycles. The molecule has 0 saturated heterocycles. The van der Waals surface area contributed by atoms with Crippen molar-refractivity contribution in [1.29, 1.82) is 0 Å². The molecule has 2 aromatic rings. The quantitative estimate of drug-likeness (QED) is 0.538. The topological polar surface area (TPSA) is 63.5 Å². The van der Waals surface area contributed by atoms with Crippen molar-refractivity contribution in [3.63, 3.8) is 0 Å². The van der Waals surface area contributed by atoms with Crippen molar-refractivity contribution in [2.45, 2.75) is 53.3 Å². The number of nitrogens with zero attached hydrogens (tertiary/aromatic N) is 3. The van der Waals surface area contributed by atoms with Gasteiger partial charge in [-0.15, -0.1) is 0 Å². The van der Waals surface area contributed by atoms with Crippen LogP contribution in [-0.4, -0.2) is 35.4 Å². The summed E-state index contributed by atoms with van der Waals surface area (Å²) < 4.78 is 20.7. The summed E-state index contributed by atoms with van der Waals surface area (Å²) in [5, 5.41) is 11.2. The Hall–Kier alpha value is -2.41. The number of aliphatic imine (C=N–C) groups is 1. The average molecular weight is 390 g/mol. The van der Waals surface area contributed by atoms with Crippen molar-refractivity contribution in [1.82, 2.24) is 20.4 Å². The molecule has 0 spiro atoms. The van der Waals surface area contributed by atoms with E-state index in [4.69, 9.17) is 4.74 Å². The Morgan fingerprint density at radius 1 is 1.36 bits per heavy atom. The lowest BCUT2D eigenvalue weighted by Crippen LogP contribution is -2.43. The first-order chi connectivity index (χ1) is 13.3. The van der Waals surface area contributed by atoms with Gasteiger partial charge in [-0.1, -0.05) is 6.07 Å². The molecule has 2 rings (SSSR count).